The van der Waals surface area contributed by atoms with Gasteiger partial charge in [0.05, 0.1) is 25.0 Å². The van der Waals surface area contributed by atoms with Crippen molar-refractivity contribution in [1.29, 1.82) is 0 Å². The minimum atomic E-state index is -0.0421. The average Bonchev–Trinajstić information content (AvgIpc) is 2.23. The first kappa shape index (κ1) is 15.9. The first-order valence-electron chi connectivity index (χ1n) is 7.14. The molecular weight excluding hydrogens is 226 g/mol. The Balaban J connectivity index is 2.17. The second kappa shape index (κ2) is 6.36. The Kier molecular flexibility index (Phi) is 5.63. The van der Waals surface area contributed by atoms with Gasteiger partial charge in [-0.2, -0.15) is 0 Å². The highest BCUT2D eigenvalue weighted by molar-refractivity contribution is 4.73. The molecule has 0 atom stereocenters. The van der Waals surface area contributed by atoms with Crippen molar-refractivity contribution in [3.63, 3.8) is 0 Å². The predicted octanol–water partition coefficient (Wildman–Crippen LogP) is 3.29. The predicted molar refractivity (Wildman–Crippen MR) is 75.7 cm³/mol. The van der Waals surface area contributed by atoms with Gasteiger partial charge in [-0.05, 0) is 39.0 Å². The first-order chi connectivity index (χ1) is 8.16. The van der Waals surface area contributed by atoms with Gasteiger partial charge in [-0.15, -0.1) is 0 Å². The zero-order chi connectivity index (χ0) is 13.8. The summed E-state index contributed by atoms with van der Waals surface area (Å²) in [5, 5.41) is 0. The van der Waals surface area contributed by atoms with Crippen molar-refractivity contribution in [2.75, 3.05) is 26.4 Å². The van der Waals surface area contributed by atoms with E-state index in [0.717, 1.165) is 39.3 Å². The topological polar surface area (TPSA) is 21.7 Å². The molecule has 0 N–H and O–H groups in total. The first-order valence-corrected chi connectivity index (χ1v) is 7.14. The number of rotatable bonds is 4. The molecular formula is C15H31NO2. The van der Waals surface area contributed by atoms with Gasteiger partial charge < -0.3 is 9.47 Å². The van der Waals surface area contributed by atoms with Crippen LogP contribution in [0, 0.1) is 5.41 Å². The van der Waals surface area contributed by atoms with E-state index in [1.165, 1.54) is 0 Å². The molecule has 0 radical (unpaired) electrons. The lowest BCUT2D eigenvalue weighted by molar-refractivity contribution is -0.0874. The largest absolute Gasteiger partial charge is 0.378 e. The molecule has 0 spiro atoms. The Morgan fingerprint density at radius 2 is 1.56 bits per heavy atom. The molecule has 1 saturated heterocycles. The molecule has 0 aliphatic carbocycles. The van der Waals surface area contributed by atoms with Gasteiger partial charge in [-0.3, -0.25) is 4.90 Å². The van der Waals surface area contributed by atoms with E-state index in [1.54, 1.807) is 0 Å². The Bertz CT molecular complexity index is 206. The third-order valence-electron chi connectivity index (χ3n) is 2.97. The molecule has 0 saturated carbocycles. The summed E-state index contributed by atoms with van der Waals surface area (Å²) in [5.74, 6) is 0. The van der Waals surface area contributed by atoms with Crippen LogP contribution in [0.5, 0.6) is 0 Å². The second-order valence-corrected chi connectivity index (χ2v) is 7.57. The third-order valence-corrected chi connectivity index (χ3v) is 2.97. The number of piperidine rings is 1. The van der Waals surface area contributed by atoms with Gasteiger partial charge in [0.15, 0.2) is 0 Å². The summed E-state index contributed by atoms with van der Waals surface area (Å²) in [5.41, 5.74) is 0.228. The maximum atomic E-state index is 5.97. The molecule has 0 aromatic heterocycles. The highest BCUT2D eigenvalue weighted by atomic mass is 16.5. The van der Waals surface area contributed by atoms with E-state index < -0.39 is 0 Å². The van der Waals surface area contributed by atoms with Crippen LogP contribution in [-0.4, -0.2) is 43.0 Å². The van der Waals surface area contributed by atoms with Crippen LogP contribution in [0.3, 0.4) is 0 Å². The van der Waals surface area contributed by atoms with Crippen molar-refractivity contribution < 1.29 is 9.47 Å². The molecule has 18 heavy (non-hydrogen) atoms. The normalized spacial score (nSPS) is 20.3. The summed E-state index contributed by atoms with van der Waals surface area (Å²) in [6.07, 6.45) is 2.70. The molecule has 3 nitrogen and oxygen atoms in total. The van der Waals surface area contributed by atoms with Gasteiger partial charge in [0, 0.05) is 13.1 Å². The van der Waals surface area contributed by atoms with Crippen molar-refractivity contribution in [3.8, 4) is 0 Å². The molecule has 0 aromatic carbocycles. The molecule has 3 heteroatoms. The molecule has 0 bridgehead atoms. The fourth-order valence-electron chi connectivity index (χ4n) is 1.86. The minimum absolute atomic E-state index is 0.0421. The summed E-state index contributed by atoms with van der Waals surface area (Å²) in [6.45, 7) is 16.8. The molecule has 1 aliphatic rings. The summed E-state index contributed by atoms with van der Waals surface area (Å²) < 4.78 is 11.8. The Labute approximate surface area is 113 Å². The van der Waals surface area contributed by atoms with Crippen LogP contribution < -0.4 is 0 Å². The molecule has 1 aliphatic heterocycles. The van der Waals surface area contributed by atoms with Crippen LogP contribution in [0.15, 0.2) is 0 Å². The number of hydrogen-bond acceptors (Lipinski definition) is 3. The van der Waals surface area contributed by atoms with E-state index in [1.807, 2.05) is 0 Å². The maximum absolute atomic E-state index is 5.97. The van der Waals surface area contributed by atoms with E-state index >= 15 is 0 Å². The van der Waals surface area contributed by atoms with E-state index in [2.05, 4.69) is 46.4 Å². The summed E-state index contributed by atoms with van der Waals surface area (Å²) in [6, 6.07) is 0. The lowest BCUT2D eigenvalue weighted by Crippen LogP contribution is -2.40. The minimum Gasteiger partial charge on any atom is -0.378 e. The Morgan fingerprint density at radius 1 is 1.00 bits per heavy atom. The molecule has 1 fully saturated rings. The summed E-state index contributed by atoms with van der Waals surface area (Å²) in [4.78, 5) is 2.38. The van der Waals surface area contributed by atoms with E-state index in [0.29, 0.717) is 6.10 Å². The van der Waals surface area contributed by atoms with E-state index in [9.17, 15) is 0 Å². The van der Waals surface area contributed by atoms with Gasteiger partial charge in [-0.25, -0.2) is 0 Å². The SMILES string of the molecule is CC(C)(C)COC1CCN(COC(C)(C)C)CC1. The third kappa shape index (κ3) is 7.34. The van der Waals surface area contributed by atoms with Crippen LogP contribution in [0.2, 0.25) is 0 Å². The summed E-state index contributed by atoms with van der Waals surface area (Å²) >= 11 is 0. The number of ether oxygens (including phenoxy) is 2. The van der Waals surface area contributed by atoms with Crippen LogP contribution in [0.1, 0.15) is 54.4 Å². The van der Waals surface area contributed by atoms with Gasteiger partial charge in [0.1, 0.15) is 0 Å². The van der Waals surface area contributed by atoms with Crippen molar-refractivity contribution in [1.82, 2.24) is 4.90 Å². The van der Waals surface area contributed by atoms with Gasteiger partial charge >= 0.3 is 0 Å². The number of hydrogen-bond donors (Lipinski definition) is 0. The lowest BCUT2D eigenvalue weighted by atomic mass is 9.98. The fourth-order valence-corrected chi connectivity index (χ4v) is 1.86. The van der Waals surface area contributed by atoms with E-state index in [4.69, 9.17) is 9.47 Å². The highest BCUT2D eigenvalue weighted by Gasteiger charge is 2.22. The van der Waals surface area contributed by atoms with Crippen molar-refractivity contribution in [2.24, 2.45) is 5.41 Å². The molecule has 1 rings (SSSR count). The Morgan fingerprint density at radius 3 is 2.00 bits per heavy atom. The smallest absolute Gasteiger partial charge is 0.0997 e. The van der Waals surface area contributed by atoms with Gasteiger partial charge in [-0.1, -0.05) is 20.8 Å². The Hall–Kier alpha value is -0.120. The van der Waals surface area contributed by atoms with Gasteiger partial charge in [0.2, 0.25) is 0 Å². The van der Waals surface area contributed by atoms with Crippen molar-refractivity contribution >= 4 is 0 Å². The van der Waals surface area contributed by atoms with Gasteiger partial charge in [0.25, 0.3) is 0 Å². The number of nitrogens with zero attached hydrogens (tertiary/aromatic N) is 1. The molecule has 0 amide bonds. The highest BCUT2D eigenvalue weighted by Crippen LogP contribution is 2.19. The maximum Gasteiger partial charge on any atom is 0.0997 e. The van der Waals surface area contributed by atoms with Crippen LogP contribution in [0.4, 0.5) is 0 Å². The number of likely N-dealkylation sites (tertiary alicyclic amines) is 1. The zero-order valence-electron chi connectivity index (χ0n) is 13.1. The molecule has 0 unspecified atom stereocenters. The fraction of sp³-hybridized carbons (Fsp3) is 1.00. The average molecular weight is 257 g/mol. The monoisotopic (exact) mass is 257 g/mol. The van der Waals surface area contributed by atoms with Crippen molar-refractivity contribution in [3.05, 3.63) is 0 Å². The van der Waals surface area contributed by atoms with Crippen LogP contribution in [-0.2, 0) is 9.47 Å². The lowest BCUT2D eigenvalue weighted by Gasteiger charge is -2.34. The standard InChI is InChI=1S/C15H31NO2/c1-14(2,3)11-17-13-7-9-16(10-8-13)12-18-15(4,5)6/h13H,7-12H2,1-6H3. The molecule has 108 valence electrons. The molecule has 0 aromatic rings. The zero-order valence-corrected chi connectivity index (χ0v) is 13.1. The van der Waals surface area contributed by atoms with Crippen LogP contribution in [0.25, 0.3) is 0 Å². The van der Waals surface area contributed by atoms with Crippen molar-refractivity contribution in [2.45, 2.75) is 66.1 Å². The summed E-state index contributed by atoms with van der Waals surface area (Å²) in [7, 11) is 0. The van der Waals surface area contributed by atoms with Crippen LogP contribution >= 0.6 is 0 Å². The molecule has 1 heterocycles. The second-order valence-electron chi connectivity index (χ2n) is 7.57. The quantitative estimate of drug-likeness (QED) is 0.771. The van der Waals surface area contributed by atoms with E-state index in [-0.39, 0.29) is 11.0 Å².